The van der Waals surface area contributed by atoms with Gasteiger partial charge in [0.1, 0.15) is 11.3 Å². The molecule has 1 aliphatic rings. The predicted octanol–water partition coefficient (Wildman–Crippen LogP) is 3.76. The Balaban J connectivity index is 2.35. The maximum Gasteiger partial charge on any atom is 0.343 e. The van der Waals surface area contributed by atoms with Gasteiger partial charge >= 0.3 is 5.97 Å². The largest absolute Gasteiger partial charge is 0.506 e. The van der Waals surface area contributed by atoms with Crippen molar-refractivity contribution >= 4 is 33.9 Å². The van der Waals surface area contributed by atoms with Crippen LogP contribution < -0.4 is 0 Å². The number of carbonyl (C=O) groups excluding carboxylic acids is 1. The maximum absolute atomic E-state index is 14.0. The number of pyridine rings is 1. The fourth-order valence-electron chi connectivity index (χ4n) is 2.92. The quantitative estimate of drug-likeness (QED) is 0.229. The van der Waals surface area contributed by atoms with Crippen LogP contribution in [0, 0.1) is 5.95 Å². The van der Waals surface area contributed by atoms with E-state index in [1.54, 1.807) is 6.92 Å². The smallest absolute Gasteiger partial charge is 0.343 e. The molecule has 1 aromatic heterocycles. The summed E-state index contributed by atoms with van der Waals surface area (Å²) in [6.07, 6.45) is 4.88. The molecule has 1 aliphatic heterocycles. The molecule has 1 N–H and O–H groups in total. The first kappa shape index (κ1) is 21.5. The normalized spacial score (nSPS) is 16.6. The third-order valence-electron chi connectivity index (χ3n) is 4.16. The number of halogens is 2. The van der Waals surface area contributed by atoms with Gasteiger partial charge in [-0.15, -0.1) is 0 Å². The number of esters is 1. The molecule has 6 nitrogen and oxygen atoms in total. The van der Waals surface area contributed by atoms with Gasteiger partial charge in [0, 0.05) is 23.4 Å². The first-order valence-electron chi connectivity index (χ1n) is 8.93. The highest BCUT2D eigenvalue weighted by molar-refractivity contribution is 9.10. The summed E-state index contributed by atoms with van der Waals surface area (Å²) in [5.41, 5.74) is -0.877. The molecule has 0 bridgehead atoms. The highest BCUT2D eigenvalue weighted by Gasteiger charge is 2.25. The molecule has 0 saturated carbocycles. The van der Waals surface area contributed by atoms with E-state index < -0.39 is 23.2 Å². The van der Waals surface area contributed by atoms with Gasteiger partial charge < -0.3 is 14.7 Å². The standard InChI is InChI=1S/C19H25BrFN3O3/c1-4-27-18(26)15(16(25)14-9-13(20)10-22-17(14)21)11-23-19(2,3)12-24-7-5-6-8-24/h9-11,25H,4-8,12H2,1-3H3. The molecule has 1 aromatic rings. The average molecular weight is 442 g/mol. The Morgan fingerprint density at radius 1 is 1.48 bits per heavy atom. The van der Waals surface area contributed by atoms with Crippen LogP contribution in [-0.2, 0) is 9.53 Å². The Bertz CT molecular complexity index is 744. The fourth-order valence-corrected chi connectivity index (χ4v) is 3.25. The zero-order valence-electron chi connectivity index (χ0n) is 15.8. The number of hydrogen-bond donors (Lipinski definition) is 1. The molecule has 148 valence electrons. The number of nitrogens with zero attached hydrogens (tertiary/aromatic N) is 3. The van der Waals surface area contributed by atoms with Gasteiger partial charge in [0.05, 0.1) is 17.7 Å². The lowest BCUT2D eigenvalue weighted by Crippen LogP contribution is -2.36. The van der Waals surface area contributed by atoms with E-state index in [0.29, 0.717) is 4.47 Å². The first-order chi connectivity index (χ1) is 12.7. The Hall–Kier alpha value is -1.80. The number of aromatic nitrogens is 1. The van der Waals surface area contributed by atoms with Gasteiger partial charge in [0.25, 0.3) is 0 Å². The van der Waals surface area contributed by atoms with Gasteiger partial charge in [-0.1, -0.05) is 0 Å². The van der Waals surface area contributed by atoms with Crippen LogP contribution in [0.1, 0.15) is 39.2 Å². The number of aliphatic hydroxyl groups excluding tert-OH is 1. The van der Waals surface area contributed by atoms with Crippen molar-refractivity contribution in [1.82, 2.24) is 9.88 Å². The van der Waals surface area contributed by atoms with Crippen molar-refractivity contribution in [3.63, 3.8) is 0 Å². The van der Waals surface area contributed by atoms with Gasteiger partial charge in [0.2, 0.25) is 5.95 Å². The molecule has 2 rings (SSSR count). The summed E-state index contributed by atoms with van der Waals surface area (Å²) >= 11 is 3.18. The van der Waals surface area contributed by atoms with E-state index in [-0.39, 0.29) is 17.7 Å². The summed E-state index contributed by atoms with van der Waals surface area (Å²) < 4.78 is 19.5. The van der Waals surface area contributed by atoms with Crippen molar-refractivity contribution in [3.05, 3.63) is 33.8 Å². The van der Waals surface area contributed by atoms with Crippen LogP contribution in [0.25, 0.3) is 5.76 Å². The van der Waals surface area contributed by atoms with Gasteiger partial charge in [-0.05, 0) is 68.7 Å². The Morgan fingerprint density at radius 3 is 2.78 bits per heavy atom. The number of carbonyl (C=O) groups is 1. The van der Waals surface area contributed by atoms with Crippen molar-refractivity contribution in [3.8, 4) is 0 Å². The van der Waals surface area contributed by atoms with Crippen LogP contribution in [0.3, 0.4) is 0 Å². The van der Waals surface area contributed by atoms with E-state index in [4.69, 9.17) is 4.74 Å². The van der Waals surface area contributed by atoms with Crippen molar-refractivity contribution in [2.75, 3.05) is 26.2 Å². The minimum Gasteiger partial charge on any atom is -0.506 e. The van der Waals surface area contributed by atoms with Crippen LogP contribution in [0.2, 0.25) is 0 Å². The predicted molar refractivity (Wildman–Crippen MR) is 106 cm³/mol. The molecule has 1 fully saturated rings. The van der Waals surface area contributed by atoms with E-state index in [1.807, 2.05) is 13.8 Å². The third kappa shape index (κ3) is 6.10. The van der Waals surface area contributed by atoms with Crippen molar-refractivity contribution < 1.29 is 19.0 Å². The van der Waals surface area contributed by atoms with Crippen molar-refractivity contribution in [2.45, 2.75) is 39.2 Å². The molecule has 0 atom stereocenters. The van der Waals surface area contributed by atoms with E-state index in [0.717, 1.165) is 19.6 Å². The molecule has 1 saturated heterocycles. The Kier molecular flexibility index (Phi) is 7.49. The molecule has 0 spiro atoms. The van der Waals surface area contributed by atoms with Gasteiger partial charge in [-0.25, -0.2) is 9.78 Å². The molecular weight excluding hydrogens is 417 g/mol. The zero-order chi connectivity index (χ0) is 20.0. The molecule has 8 heteroatoms. The highest BCUT2D eigenvalue weighted by Crippen LogP contribution is 2.23. The molecule has 0 amide bonds. The van der Waals surface area contributed by atoms with Crippen molar-refractivity contribution in [2.24, 2.45) is 4.99 Å². The second kappa shape index (κ2) is 9.41. The van der Waals surface area contributed by atoms with Crippen LogP contribution >= 0.6 is 15.9 Å². The van der Waals surface area contributed by atoms with Gasteiger partial charge in [-0.2, -0.15) is 4.39 Å². The highest BCUT2D eigenvalue weighted by atomic mass is 79.9. The lowest BCUT2D eigenvalue weighted by Gasteiger charge is -2.26. The summed E-state index contributed by atoms with van der Waals surface area (Å²) in [5.74, 6) is -2.21. The molecule has 27 heavy (non-hydrogen) atoms. The molecule has 2 heterocycles. The number of aliphatic imine (C=N–C) groups is 1. The van der Waals surface area contributed by atoms with E-state index >= 15 is 0 Å². The minimum atomic E-state index is -0.887. The Morgan fingerprint density at radius 2 is 2.15 bits per heavy atom. The summed E-state index contributed by atoms with van der Waals surface area (Å²) in [7, 11) is 0. The molecule has 0 aliphatic carbocycles. The number of rotatable bonds is 7. The average Bonchev–Trinajstić information content (AvgIpc) is 3.09. The summed E-state index contributed by atoms with van der Waals surface area (Å²) in [6, 6.07) is 1.35. The van der Waals surface area contributed by atoms with E-state index in [2.05, 4.69) is 30.8 Å². The van der Waals surface area contributed by atoms with Crippen LogP contribution in [0.15, 0.2) is 27.3 Å². The van der Waals surface area contributed by atoms with Gasteiger partial charge in [-0.3, -0.25) is 4.99 Å². The van der Waals surface area contributed by atoms with Crippen LogP contribution in [0.5, 0.6) is 0 Å². The van der Waals surface area contributed by atoms with Crippen LogP contribution in [-0.4, -0.2) is 59.0 Å². The fraction of sp³-hybridized carbons (Fsp3) is 0.526. The summed E-state index contributed by atoms with van der Waals surface area (Å²) in [4.78, 5) is 22.7. The third-order valence-corrected chi connectivity index (χ3v) is 4.60. The second-order valence-corrected chi connectivity index (χ2v) is 7.94. The van der Waals surface area contributed by atoms with Gasteiger partial charge in [0.15, 0.2) is 0 Å². The maximum atomic E-state index is 14.0. The summed E-state index contributed by atoms with van der Waals surface area (Å²) in [5, 5.41) is 10.5. The number of aliphatic hydroxyl groups is 1. The molecule has 0 aromatic carbocycles. The lowest BCUT2D eigenvalue weighted by molar-refractivity contribution is -0.137. The zero-order valence-corrected chi connectivity index (χ0v) is 17.4. The summed E-state index contributed by atoms with van der Waals surface area (Å²) in [6.45, 7) is 8.46. The number of hydrogen-bond acceptors (Lipinski definition) is 6. The molecule has 0 unspecified atom stereocenters. The second-order valence-electron chi connectivity index (χ2n) is 7.03. The SMILES string of the molecule is CCOC(=O)C(C=NC(C)(C)CN1CCCC1)=C(O)c1cc(Br)cnc1F. The topological polar surface area (TPSA) is 75.0 Å². The van der Waals surface area contributed by atoms with Crippen LogP contribution in [0.4, 0.5) is 4.39 Å². The van der Waals surface area contributed by atoms with E-state index in [1.165, 1.54) is 31.3 Å². The molecule has 0 radical (unpaired) electrons. The molecular formula is C19H25BrFN3O3. The van der Waals surface area contributed by atoms with E-state index in [9.17, 15) is 14.3 Å². The monoisotopic (exact) mass is 441 g/mol. The number of ether oxygens (including phenoxy) is 1. The first-order valence-corrected chi connectivity index (χ1v) is 9.72. The minimum absolute atomic E-state index is 0.125. The number of likely N-dealkylation sites (tertiary alicyclic amines) is 1. The lowest BCUT2D eigenvalue weighted by atomic mass is 10.1. The van der Waals surface area contributed by atoms with Crippen molar-refractivity contribution in [1.29, 1.82) is 0 Å². The Labute approximate surface area is 167 Å².